The summed E-state index contributed by atoms with van der Waals surface area (Å²) < 4.78 is 0. The van der Waals surface area contributed by atoms with Crippen molar-refractivity contribution in [1.29, 1.82) is 0 Å². The minimum Gasteiger partial charge on any atom is -0.0656 e. The van der Waals surface area contributed by atoms with Crippen LogP contribution in [0, 0.1) is 47.3 Å². The molecule has 0 spiro atoms. The molecule has 21 heavy (non-hydrogen) atoms. The summed E-state index contributed by atoms with van der Waals surface area (Å²) in [5.41, 5.74) is 0. The Bertz CT molecular complexity index is 305. The Morgan fingerprint density at radius 3 is 2.00 bits per heavy atom. The third-order valence-corrected chi connectivity index (χ3v) is 7.16. The Kier molecular flexibility index (Phi) is 6.21. The second-order valence-electron chi connectivity index (χ2n) is 8.92. The van der Waals surface area contributed by atoms with E-state index < -0.39 is 0 Å². The number of hydrogen-bond donors (Lipinski definition) is 0. The highest BCUT2D eigenvalue weighted by molar-refractivity contribution is 4.98. The lowest BCUT2D eigenvalue weighted by molar-refractivity contribution is -0.0370. The summed E-state index contributed by atoms with van der Waals surface area (Å²) in [5.74, 6) is 8.31. The van der Waals surface area contributed by atoms with Crippen molar-refractivity contribution in [1.82, 2.24) is 0 Å². The highest BCUT2D eigenvalue weighted by atomic mass is 14.5. The van der Waals surface area contributed by atoms with Gasteiger partial charge in [-0.25, -0.2) is 0 Å². The monoisotopic (exact) mass is 292 g/mol. The molecule has 3 fully saturated rings. The van der Waals surface area contributed by atoms with Gasteiger partial charge in [-0.3, -0.25) is 0 Å². The average molecular weight is 293 g/mol. The van der Waals surface area contributed by atoms with Crippen LogP contribution in [0.5, 0.6) is 0 Å². The second-order valence-corrected chi connectivity index (χ2v) is 8.92. The zero-order chi connectivity index (χ0) is 15.6. The fourth-order valence-corrected chi connectivity index (χ4v) is 5.98. The molecule has 0 aromatic heterocycles. The van der Waals surface area contributed by atoms with Crippen molar-refractivity contribution in [3.63, 3.8) is 0 Å². The first-order valence-corrected chi connectivity index (χ1v) is 9.99. The van der Waals surface area contributed by atoms with Crippen LogP contribution in [-0.2, 0) is 0 Å². The molecule has 0 amide bonds. The molecule has 7 unspecified atom stereocenters. The SMILES string of the molecule is CC1CCC2C3C(C1)CC(C)C(C)C3CC[C@H]2C.CCC. The van der Waals surface area contributed by atoms with Crippen LogP contribution in [0.25, 0.3) is 0 Å². The molecule has 8 atom stereocenters. The molecule has 0 heteroatoms. The van der Waals surface area contributed by atoms with Gasteiger partial charge in [-0.05, 0) is 73.0 Å². The van der Waals surface area contributed by atoms with Gasteiger partial charge in [0.05, 0.1) is 0 Å². The Hall–Kier alpha value is 0. The molecule has 0 aromatic rings. The average Bonchev–Trinajstić information content (AvgIpc) is 2.59. The van der Waals surface area contributed by atoms with Crippen molar-refractivity contribution >= 4 is 0 Å². The quantitative estimate of drug-likeness (QED) is 0.461. The number of hydrogen-bond acceptors (Lipinski definition) is 0. The van der Waals surface area contributed by atoms with Crippen LogP contribution in [0.4, 0.5) is 0 Å². The lowest BCUT2D eigenvalue weighted by Gasteiger charge is -2.53. The maximum Gasteiger partial charge on any atom is -0.0324 e. The van der Waals surface area contributed by atoms with Crippen molar-refractivity contribution < 1.29 is 0 Å². The van der Waals surface area contributed by atoms with E-state index >= 15 is 0 Å². The minimum absolute atomic E-state index is 0.982. The summed E-state index contributed by atoms with van der Waals surface area (Å²) in [6.45, 7) is 14.4. The van der Waals surface area contributed by atoms with E-state index in [-0.39, 0.29) is 0 Å². The van der Waals surface area contributed by atoms with Gasteiger partial charge in [0, 0.05) is 0 Å². The van der Waals surface area contributed by atoms with E-state index in [2.05, 4.69) is 41.5 Å². The molecule has 3 saturated carbocycles. The minimum atomic E-state index is 0.982. The maximum atomic E-state index is 2.56. The van der Waals surface area contributed by atoms with Gasteiger partial charge in [-0.1, -0.05) is 60.8 Å². The summed E-state index contributed by atoms with van der Waals surface area (Å²) in [7, 11) is 0. The van der Waals surface area contributed by atoms with Crippen LogP contribution >= 0.6 is 0 Å². The van der Waals surface area contributed by atoms with Crippen molar-refractivity contribution in [2.45, 2.75) is 86.5 Å². The topological polar surface area (TPSA) is 0 Å². The van der Waals surface area contributed by atoms with Gasteiger partial charge in [-0.15, -0.1) is 0 Å². The van der Waals surface area contributed by atoms with Crippen LogP contribution in [0.3, 0.4) is 0 Å². The molecule has 0 N–H and O–H groups in total. The Morgan fingerprint density at radius 1 is 0.714 bits per heavy atom. The Morgan fingerprint density at radius 2 is 1.33 bits per heavy atom. The van der Waals surface area contributed by atoms with Crippen molar-refractivity contribution in [3.8, 4) is 0 Å². The first kappa shape index (κ1) is 17.4. The Balaban J connectivity index is 0.000000497. The highest BCUT2D eigenvalue weighted by Gasteiger charge is 2.49. The summed E-state index contributed by atoms with van der Waals surface area (Å²) >= 11 is 0. The third kappa shape index (κ3) is 3.67. The van der Waals surface area contributed by atoms with E-state index in [4.69, 9.17) is 0 Å². The van der Waals surface area contributed by atoms with E-state index in [1.165, 1.54) is 25.7 Å². The zero-order valence-corrected chi connectivity index (χ0v) is 15.6. The maximum absolute atomic E-state index is 2.56. The smallest absolute Gasteiger partial charge is 0.0324 e. The van der Waals surface area contributed by atoms with Gasteiger partial charge in [0.15, 0.2) is 0 Å². The molecule has 3 aliphatic rings. The second kappa shape index (κ2) is 7.51. The van der Waals surface area contributed by atoms with Crippen molar-refractivity contribution in [2.75, 3.05) is 0 Å². The molecule has 0 radical (unpaired) electrons. The van der Waals surface area contributed by atoms with Crippen LogP contribution in [0.2, 0.25) is 0 Å². The largest absolute Gasteiger partial charge is 0.0656 e. The number of rotatable bonds is 0. The fourth-order valence-electron chi connectivity index (χ4n) is 5.98. The Labute approximate surface area is 134 Å². The molecule has 3 rings (SSSR count). The lowest BCUT2D eigenvalue weighted by Crippen LogP contribution is -2.45. The zero-order valence-electron chi connectivity index (χ0n) is 15.6. The van der Waals surface area contributed by atoms with E-state index in [1.54, 1.807) is 19.3 Å². The standard InChI is InChI=1S/C18H32.C3H8/c1-11-5-7-16-12(2)6-8-17-14(4)13(3)10-15(9-11)18(16)17;1-3-2/h11-18H,5-10H2,1-4H3;3H2,1-2H3/t11?,12-,13?,14?,15?,16?,17?,18?;/m1./s1. The van der Waals surface area contributed by atoms with Crippen molar-refractivity contribution in [2.24, 2.45) is 47.3 Å². The summed E-state index contributed by atoms with van der Waals surface area (Å²) in [6, 6.07) is 0. The molecule has 0 aromatic carbocycles. The van der Waals surface area contributed by atoms with E-state index in [0.717, 1.165) is 47.3 Å². The van der Waals surface area contributed by atoms with Gasteiger partial charge in [-0.2, -0.15) is 0 Å². The van der Waals surface area contributed by atoms with Crippen LogP contribution < -0.4 is 0 Å². The van der Waals surface area contributed by atoms with Crippen molar-refractivity contribution in [3.05, 3.63) is 0 Å². The van der Waals surface area contributed by atoms with Gasteiger partial charge in [0.25, 0.3) is 0 Å². The highest BCUT2D eigenvalue weighted by Crippen LogP contribution is 2.57. The molecule has 0 nitrogen and oxygen atoms in total. The van der Waals surface area contributed by atoms with Gasteiger partial charge < -0.3 is 0 Å². The van der Waals surface area contributed by atoms with Gasteiger partial charge in [0.2, 0.25) is 0 Å². The molecular formula is C21H40. The molecule has 0 aliphatic heterocycles. The first-order valence-electron chi connectivity index (χ1n) is 9.99. The lowest BCUT2D eigenvalue weighted by atomic mass is 9.53. The molecule has 3 aliphatic carbocycles. The normalized spacial score (nSPS) is 49.4. The molecule has 124 valence electrons. The van der Waals surface area contributed by atoms with Gasteiger partial charge >= 0.3 is 0 Å². The van der Waals surface area contributed by atoms with Crippen LogP contribution in [-0.4, -0.2) is 0 Å². The predicted octanol–water partition coefficient (Wildman–Crippen LogP) is 6.79. The molecule has 0 heterocycles. The molecular weight excluding hydrogens is 252 g/mol. The van der Waals surface area contributed by atoms with Crippen LogP contribution in [0.15, 0.2) is 0 Å². The fraction of sp³-hybridized carbons (Fsp3) is 1.00. The molecule has 0 saturated heterocycles. The van der Waals surface area contributed by atoms with E-state index in [0.29, 0.717) is 0 Å². The summed E-state index contributed by atoms with van der Waals surface area (Å²) in [4.78, 5) is 0. The summed E-state index contributed by atoms with van der Waals surface area (Å²) in [5, 5.41) is 0. The van der Waals surface area contributed by atoms with E-state index in [9.17, 15) is 0 Å². The molecule has 0 bridgehead atoms. The first-order chi connectivity index (χ1) is 9.99. The predicted molar refractivity (Wildman–Crippen MR) is 94.3 cm³/mol. The van der Waals surface area contributed by atoms with Gasteiger partial charge in [0.1, 0.15) is 0 Å². The summed E-state index contributed by atoms with van der Waals surface area (Å²) in [6.07, 6.45) is 10.4. The third-order valence-electron chi connectivity index (χ3n) is 7.16. The van der Waals surface area contributed by atoms with E-state index in [1.807, 2.05) is 0 Å². The van der Waals surface area contributed by atoms with Crippen LogP contribution in [0.1, 0.15) is 86.5 Å².